The Bertz CT molecular complexity index is 628. The maximum absolute atomic E-state index is 12.5. The second-order valence-corrected chi connectivity index (χ2v) is 4.47. The van der Waals surface area contributed by atoms with Crippen LogP contribution in [0.25, 0.3) is 0 Å². The fourth-order valence-corrected chi connectivity index (χ4v) is 1.82. The first-order chi connectivity index (χ1) is 9.90. The van der Waals surface area contributed by atoms with Gasteiger partial charge in [-0.05, 0) is 48.9 Å². The Morgan fingerprint density at radius 3 is 2.00 bits per heavy atom. The van der Waals surface area contributed by atoms with E-state index >= 15 is 0 Å². The number of ether oxygens (including phenoxy) is 1. The number of rotatable bonds is 3. The summed E-state index contributed by atoms with van der Waals surface area (Å²) in [4.78, 5) is 4.38. The number of benzene rings is 2. The average Bonchev–Trinajstić information content (AvgIpc) is 2.47. The largest absolute Gasteiger partial charge is 0.497 e. The fourth-order valence-electron chi connectivity index (χ4n) is 1.82. The first-order valence-corrected chi connectivity index (χ1v) is 6.27. The molecule has 0 saturated carbocycles. The molecule has 2 rings (SSSR count). The van der Waals surface area contributed by atoms with Crippen molar-refractivity contribution in [2.24, 2.45) is 4.99 Å². The molecule has 0 amide bonds. The zero-order chi connectivity index (χ0) is 15.5. The van der Waals surface area contributed by atoms with Gasteiger partial charge in [0.15, 0.2) is 0 Å². The van der Waals surface area contributed by atoms with Crippen molar-refractivity contribution in [1.82, 2.24) is 0 Å². The summed E-state index contributed by atoms with van der Waals surface area (Å²) in [5, 5.41) is 0. The maximum Gasteiger partial charge on any atom is 0.416 e. The van der Waals surface area contributed by atoms with E-state index in [-0.39, 0.29) is 0 Å². The summed E-state index contributed by atoms with van der Waals surface area (Å²) < 4.78 is 42.5. The van der Waals surface area contributed by atoms with E-state index in [1.54, 1.807) is 38.3 Å². The predicted octanol–water partition coefficient (Wildman–Crippen LogP) is 4.85. The molecule has 2 aromatic rings. The first-order valence-electron chi connectivity index (χ1n) is 6.27. The smallest absolute Gasteiger partial charge is 0.416 e. The average molecular weight is 293 g/mol. The predicted molar refractivity (Wildman–Crippen MR) is 76.3 cm³/mol. The molecule has 0 unspecified atom stereocenters. The summed E-state index contributed by atoms with van der Waals surface area (Å²) in [6, 6.07) is 12.1. The van der Waals surface area contributed by atoms with Gasteiger partial charge in [0.2, 0.25) is 0 Å². The molecule has 0 saturated heterocycles. The van der Waals surface area contributed by atoms with Crippen LogP contribution in [-0.2, 0) is 6.18 Å². The van der Waals surface area contributed by atoms with Crippen molar-refractivity contribution in [1.29, 1.82) is 0 Å². The van der Waals surface area contributed by atoms with Gasteiger partial charge in [-0.3, -0.25) is 4.99 Å². The normalized spacial score (nSPS) is 12.3. The van der Waals surface area contributed by atoms with Crippen LogP contribution < -0.4 is 4.74 Å². The molecule has 0 atom stereocenters. The Hall–Kier alpha value is -2.30. The van der Waals surface area contributed by atoms with Gasteiger partial charge in [0.1, 0.15) is 5.75 Å². The van der Waals surface area contributed by atoms with Crippen molar-refractivity contribution in [2.75, 3.05) is 7.11 Å². The third-order valence-corrected chi connectivity index (χ3v) is 3.00. The van der Waals surface area contributed by atoms with Crippen LogP contribution in [0.1, 0.15) is 18.1 Å². The highest BCUT2D eigenvalue weighted by molar-refractivity contribution is 6.00. The second kappa shape index (κ2) is 5.99. The molecule has 5 heteroatoms. The zero-order valence-electron chi connectivity index (χ0n) is 11.6. The van der Waals surface area contributed by atoms with Crippen LogP contribution in [0.15, 0.2) is 53.5 Å². The highest BCUT2D eigenvalue weighted by Gasteiger charge is 2.29. The number of hydrogen-bond donors (Lipinski definition) is 0. The van der Waals surface area contributed by atoms with E-state index in [0.29, 0.717) is 17.0 Å². The van der Waals surface area contributed by atoms with Crippen LogP contribution >= 0.6 is 0 Å². The number of aliphatic imine (C=N–C) groups is 1. The van der Waals surface area contributed by atoms with E-state index in [4.69, 9.17) is 4.74 Å². The van der Waals surface area contributed by atoms with E-state index in [0.717, 1.165) is 17.9 Å². The monoisotopic (exact) mass is 293 g/mol. The number of halogens is 3. The molecule has 0 aliphatic heterocycles. The molecular weight excluding hydrogens is 279 g/mol. The molecule has 21 heavy (non-hydrogen) atoms. The second-order valence-electron chi connectivity index (χ2n) is 4.47. The molecular formula is C16H14F3NO. The van der Waals surface area contributed by atoms with Gasteiger partial charge in [-0.2, -0.15) is 13.2 Å². The van der Waals surface area contributed by atoms with Gasteiger partial charge < -0.3 is 4.74 Å². The lowest BCUT2D eigenvalue weighted by atomic mass is 10.1. The van der Waals surface area contributed by atoms with Crippen LogP contribution in [-0.4, -0.2) is 12.8 Å². The fraction of sp³-hybridized carbons (Fsp3) is 0.188. The molecule has 0 radical (unpaired) electrons. The molecule has 0 fully saturated rings. The van der Waals surface area contributed by atoms with E-state index in [9.17, 15) is 13.2 Å². The summed E-state index contributed by atoms with van der Waals surface area (Å²) in [7, 11) is 1.58. The molecule has 0 bridgehead atoms. The van der Waals surface area contributed by atoms with Gasteiger partial charge in [0, 0.05) is 5.71 Å². The Morgan fingerprint density at radius 2 is 1.52 bits per heavy atom. The molecule has 0 aliphatic rings. The minimum absolute atomic E-state index is 0.647. The van der Waals surface area contributed by atoms with Crippen LogP contribution in [0.5, 0.6) is 5.75 Å². The molecule has 110 valence electrons. The van der Waals surface area contributed by atoms with Gasteiger partial charge in [0.05, 0.1) is 18.4 Å². The van der Waals surface area contributed by atoms with Crippen molar-refractivity contribution in [2.45, 2.75) is 13.1 Å². The Morgan fingerprint density at radius 1 is 0.952 bits per heavy atom. The summed E-state index contributed by atoms with van der Waals surface area (Å²) in [6.07, 6.45) is -4.32. The van der Waals surface area contributed by atoms with E-state index in [1.165, 1.54) is 12.1 Å². The van der Waals surface area contributed by atoms with E-state index in [1.807, 2.05) is 0 Å². The molecule has 0 spiro atoms. The van der Waals surface area contributed by atoms with Crippen LogP contribution in [0.4, 0.5) is 18.9 Å². The summed E-state index contributed by atoms with van der Waals surface area (Å²) in [5.74, 6) is 0.723. The third kappa shape index (κ3) is 3.84. The standard InChI is InChI=1S/C16H14F3NO/c1-11(20-14-7-9-15(21-2)10-8-14)12-3-5-13(6-4-12)16(17,18)19/h3-10H,1-2H3. The topological polar surface area (TPSA) is 21.6 Å². The van der Waals surface area contributed by atoms with E-state index in [2.05, 4.69) is 4.99 Å². The Kier molecular flexibility index (Phi) is 4.31. The highest BCUT2D eigenvalue weighted by Crippen LogP contribution is 2.29. The van der Waals surface area contributed by atoms with Gasteiger partial charge in [-0.15, -0.1) is 0 Å². The third-order valence-electron chi connectivity index (χ3n) is 3.00. The van der Waals surface area contributed by atoms with Gasteiger partial charge in [0.25, 0.3) is 0 Å². The van der Waals surface area contributed by atoms with E-state index < -0.39 is 11.7 Å². The number of methoxy groups -OCH3 is 1. The lowest BCUT2D eigenvalue weighted by Crippen LogP contribution is -2.05. The van der Waals surface area contributed by atoms with Crippen molar-refractivity contribution in [3.05, 3.63) is 59.7 Å². The lowest BCUT2D eigenvalue weighted by Gasteiger charge is -2.07. The lowest BCUT2D eigenvalue weighted by molar-refractivity contribution is -0.137. The summed E-state index contributed by atoms with van der Waals surface area (Å²) in [6.45, 7) is 1.76. The minimum Gasteiger partial charge on any atom is -0.497 e. The molecule has 0 aromatic heterocycles. The number of hydrogen-bond acceptors (Lipinski definition) is 2. The Balaban J connectivity index is 2.22. The number of nitrogens with zero attached hydrogens (tertiary/aromatic N) is 1. The van der Waals surface area contributed by atoms with Crippen LogP contribution in [0.3, 0.4) is 0 Å². The SMILES string of the molecule is COc1ccc(N=C(C)c2ccc(C(F)(F)F)cc2)cc1. The zero-order valence-corrected chi connectivity index (χ0v) is 11.6. The first kappa shape index (κ1) is 15.1. The molecule has 2 aromatic carbocycles. The molecule has 0 aliphatic carbocycles. The van der Waals surface area contributed by atoms with Crippen molar-refractivity contribution >= 4 is 11.4 Å². The maximum atomic E-state index is 12.5. The summed E-state index contributed by atoms with van der Waals surface area (Å²) >= 11 is 0. The Labute approximate surface area is 120 Å². The van der Waals surface area contributed by atoms with Crippen molar-refractivity contribution < 1.29 is 17.9 Å². The van der Waals surface area contributed by atoms with Gasteiger partial charge >= 0.3 is 6.18 Å². The summed E-state index contributed by atoms with van der Waals surface area (Å²) in [5.41, 5.74) is 1.35. The van der Waals surface area contributed by atoms with Crippen LogP contribution in [0.2, 0.25) is 0 Å². The quantitative estimate of drug-likeness (QED) is 0.741. The van der Waals surface area contributed by atoms with Gasteiger partial charge in [-0.25, -0.2) is 0 Å². The van der Waals surface area contributed by atoms with Crippen LogP contribution in [0, 0.1) is 0 Å². The van der Waals surface area contributed by atoms with Crippen molar-refractivity contribution in [3.63, 3.8) is 0 Å². The van der Waals surface area contributed by atoms with Gasteiger partial charge in [-0.1, -0.05) is 12.1 Å². The number of alkyl halides is 3. The van der Waals surface area contributed by atoms with Crippen molar-refractivity contribution in [3.8, 4) is 5.75 Å². The molecule has 0 heterocycles. The molecule has 2 nitrogen and oxygen atoms in total. The minimum atomic E-state index is -4.32. The molecule has 0 N–H and O–H groups in total. The highest BCUT2D eigenvalue weighted by atomic mass is 19.4.